The zero-order valence-corrected chi connectivity index (χ0v) is 9.84. The third-order valence-corrected chi connectivity index (χ3v) is 3.83. The van der Waals surface area contributed by atoms with Gasteiger partial charge in [0.25, 0.3) is 10.2 Å². The summed E-state index contributed by atoms with van der Waals surface area (Å²) in [6.45, 7) is 0.566. The number of aliphatic carboxylic acids is 1. The Balaban J connectivity index is 2.69. The van der Waals surface area contributed by atoms with E-state index in [-0.39, 0.29) is 6.54 Å². The monoisotopic (exact) mass is 252 g/mol. The summed E-state index contributed by atoms with van der Waals surface area (Å²) in [4.78, 5) is 11.2. The Morgan fingerprint density at radius 3 is 2.44 bits per heavy atom. The first-order valence-electron chi connectivity index (χ1n) is 4.91. The van der Waals surface area contributed by atoms with Crippen LogP contribution in [-0.2, 0) is 19.7 Å². The van der Waals surface area contributed by atoms with Crippen LogP contribution in [0, 0.1) is 5.41 Å². The molecular formula is C8H16N2O5S. The van der Waals surface area contributed by atoms with Gasteiger partial charge >= 0.3 is 5.97 Å². The van der Waals surface area contributed by atoms with Gasteiger partial charge in [-0.2, -0.15) is 8.42 Å². The Morgan fingerprint density at radius 2 is 2.00 bits per heavy atom. The highest BCUT2D eigenvalue weighted by Crippen LogP contribution is 2.30. The molecular weight excluding hydrogens is 236 g/mol. The maximum Gasteiger partial charge on any atom is 0.311 e. The lowest BCUT2D eigenvalue weighted by atomic mass is 9.80. The molecule has 0 aromatic rings. The summed E-state index contributed by atoms with van der Waals surface area (Å²) in [7, 11) is -2.33. The third kappa shape index (κ3) is 3.14. The quantitative estimate of drug-likeness (QED) is 0.577. The highest BCUT2D eigenvalue weighted by atomic mass is 32.2. The molecule has 0 aliphatic carbocycles. The van der Waals surface area contributed by atoms with E-state index in [4.69, 9.17) is 9.84 Å². The van der Waals surface area contributed by atoms with Crippen LogP contribution in [0.4, 0.5) is 0 Å². The van der Waals surface area contributed by atoms with Crippen molar-refractivity contribution in [1.29, 1.82) is 0 Å². The molecule has 1 heterocycles. The van der Waals surface area contributed by atoms with E-state index in [1.807, 2.05) is 0 Å². The summed E-state index contributed by atoms with van der Waals surface area (Å²) >= 11 is 0. The fourth-order valence-electron chi connectivity index (χ4n) is 1.53. The topological polar surface area (TPSA) is 105 Å². The summed E-state index contributed by atoms with van der Waals surface area (Å²) in [6, 6.07) is 0. The molecule has 1 aliphatic heterocycles. The van der Waals surface area contributed by atoms with Gasteiger partial charge in [0, 0.05) is 26.8 Å². The van der Waals surface area contributed by atoms with Crippen molar-refractivity contribution in [1.82, 2.24) is 9.44 Å². The number of carbonyl (C=O) groups is 1. The van der Waals surface area contributed by atoms with Gasteiger partial charge in [-0.3, -0.25) is 4.79 Å². The van der Waals surface area contributed by atoms with Gasteiger partial charge in [0.1, 0.15) is 0 Å². The maximum absolute atomic E-state index is 11.2. The minimum atomic E-state index is -3.59. The van der Waals surface area contributed by atoms with Gasteiger partial charge in [-0.25, -0.2) is 9.44 Å². The molecule has 3 N–H and O–H groups in total. The van der Waals surface area contributed by atoms with Crippen molar-refractivity contribution in [3.63, 3.8) is 0 Å². The van der Waals surface area contributed by atoms with E-state index in [0.717, 1.165) is 0 Å². The van der Waals surface area contributed by atoms with Gasteiger partial charge in [0.05, 0.1) is 5.41 Å². The molecule has 1 aliphatic rings. The van der Waals surface area contributed by atoms with E-state index in [2.05, 4.69) is 9.44 Å². The summed E-state index contributed by atoms with van der Waals surface area (Å²) in [5.41, 5.74) is -1.05. The normalized spacial score (nSPS) is 20.6. The lowest BCUT2D eigenvalue weighted by molar-refractivity contribution is -0.154. The van der Waals surface area contributed by atoms with Gasteiger partial charge in [0.15, 0.2) is 0 Å². The van der Waals surface area contributed by atoms with Crippen LogP contribution in [0.5, 0.6) is 0 Å². The number of carboxylic acid groups (broad SMARTS) is 1. The highest BCUT2D eigenvalue weighted by molar-refractivity contribution is 7.87. The second-order valence-electron chi connectivity index (χ2n) is 3.73. The molecule has 0 saturated carbocycles. The lowest BCUT2D eigenvalue weighted by Crippen LogP contribution is -2.48. The van der Waals surface area contributed by atoms with E-state index in [1.54, 1.807) is 0 Å². The summed E-state index contributed by atoms with van der Waals surface area (Å²) in [6.07, 6.45) is 0.628. The first-order chi connectivity index (χ1) is 7.42. The summed E-state index contributed by atoms with van der Waals surface area (Å²) in [5.74, 6) is -0.991. The Hall–Kier alpha value is -0.700. The second-order valence-corrected chi connectivity index (χ2v) is 5.43. The van der Waals surface area contributed by atoms with Crippen molar-refractivity contribution in [2.45, 2.75) is 12.8 Å². The number of hydrogen-bond acceptors (Lipinski definition) is 4. The average Bonchev–Trinajstić information content (AvgIpc) is 2.28. The smallest absolute Gasteiger partial charge is 0.311 e. The molecule has 1 rings (SSSR count). The predicted octanol–water partition coefficient (Wildman–Crippen LogP) is -1.08. The van der Waals surface area contributed by atoms with Crippen LogP contribution in [0.1, 0.15) is 12.8 Å². The minimum Gasteiger partial charge on any atom is -0.481 e. The highest BCUT2D eigenvalue weighted by Gasteiger charge is 2.40. The molecule has 0 radical (unpaired) electrons. The molecule has 0 amide bonds. The van der Waals surface area contributed by atoms with Crippen molar-refractivity contribution in [2.24, 2.45) is 5.41 Å². The fraction of sp³-hybridized carbons (Fsp3) is 0.875. The predicted molar refractivity (Wildman–Crippen MR) is 56.1 cm³/mol. The Morgan fingerprint density at radius 1 is 1.44 bits per heavy atom. The summed E-state index contributed by atoms with van der Waals surface area (Å²) < 4.78 is 31.7. The molecule has 1 fully saturated rings. The fourth-order valence-corrected chi connectivity index (χ4v) is 2.14. The molecule has 0 atom stereocenters. The second kappa shape index (κ2) is 5.09. The number of carboxylic acids is 1. The Labute approximate surface area is 94.4 Å². The maximum atomic E-state index is 11.2. The van der Waals surface area contributed by atoms with Crippen LogP contribution in [0.15, 0.2) is 0 Å². The zero-order chi connectivity index (χ0) is 12.2. The van der Waals surface area contributed by atoms with Gasteiger partial charge < -0.3 is 9.84 Å². The number of ether oxygens (including phenoxy) is 1. The van der Waals surface area contributed by atoms with Crippen molar-refractivity contribution < 1.29 is 23.1 Å². The number of nitrogens with one attached hydrogen (secondary N) is 2. The molecule has 7 nitrogen and oxygen atoms in total. The molecule has 0 aromatic carbocycles. The molecule has 16 heavy (non-hydrogen) atoms. The standard InChI is InChI=1S/C8H16N2O5S/c1-9-16(13,14)10-6-8(7(11)12)2-4-15-5-3-8/h9-10H,2-6H2,1H3,(H,11,12). The first-order valence-corrected chi connectivity index (χ1v) is 6.39. The van der Waals surface area contributed by atoms with Crippen molar-refractivity contribution in [3.8, 4) is 0 Å². The molecule has 8 heteroatoms. The molecule has 1 saturated heterocycles. The Kier molecular flexibility index (Phi) is 4.25. The zero-order valence-electron chi connectivity index (χ0n) is 9.02. The SMILES string of the molecule is CNS(=O)(=O)NCC1(C(=O)O)CCOCC1. The Bertz CT molecular complexity index is 347. The van der Waals surface area contributed by atoms with Crippen molar-refractivity contribution >= 4 is 16.2 Å². The number of hydrogen-bond donors (Lipinski definition) is 3. The molecule has 0 bridgehead atoms. The van der Waals surface area contributed by atoms with E-state index in [9.17, 15) is 13.2 Å². The van der Waals surface area contributed by atoms with E-state index in [0.29, 0.717) is 26.1 Å². The molecule has 94 valence electrons. The third-order valence-electron chi connectivity index (χ3n) is 2.77. The van der Waals surface area contributed by atoms with Crippen LogP contribution >= 0.6 is 0 Å². The van der Waals surface area contributed by atoms with Crippen molar-refractivity contribution in [2.75, 3.05) is 26.8 Å². The van der Waals surface area contributed by atoms with Crippen LogP contribution in [0.2, 0.25) is 0 Å². The summed E-state index contributed by atoms with van der Waals surface area (Å²) in [5, 5.41) is 9.15. The van der Waals surface area contributed by atoms with Gasteiger partial charge in [0.2, 0.25) is 0 Å². The van der Waals surface area contributed by atoms with Gasteiger partial charge in [-0.05, 0) is 12.8 Å². The van der Waals surface area contributed by atoms with E-state index < -0.39 is 21.6 Å². The average molecular weight is 252 g/mol. The van der Waals surface area contributed by atoms with Crippen LogP contribution in [0.25, 0.3) is 0 Å². The van der Waals surface area contributed by atoms with Crippen LogP contribution in [-0.4, -0.2) is 46.3 Å². The van der Waals surface area contributed by atoms with Crippen LogP contribution in [0.3, 0.4) is 0 Å². The van der Waals surface area contributed by atoms with Crippen molar-refractivity contribution in [3.05, 3.63) is 0 Å². The molecule has 0 aromatic heterocycles. The van der Waals surface area contributed by atoms with E-state index >= 15 is 0 Å². The molecule has 0 unspecified atom stereocenters. The van der Waals surface area contributed by atoms with Gasteiger partial charge in [-0.15, -0.1) is 0 Å². The number of rotatable bonds is 5. The van der Waals surface area contributed by atoms with E-state index in [1.165, 1.54) is 7.05 Å². The largest absolute Gasteiger partial charge is 0.481 e. The van der Waals surface area contributed by atoms with Gasteiger partial charge in [-0.1, -0.05) is 0 Å². The minimum absolute atomic E-state index is 0.116. The lowest BCUT2D eigenvalue weighted by Gasteiger charge is -2.32. The van der Waals surface area contributed by atoms with Crippen LogP contribution < -0.4 is 9.44 Å². The molecule has 0 spiro atoms. The first kappa shape index (κ1) is 13.4.